The smallest absolute Gasteiger partial charge is 0.250 e. The number of nitrogens with one attached hydrogen (secondary N) is 1. The van der Waals surface area contributed by atoms with Crippen LogP contribution in [0.2, 0.25) is 0 Å². The lowest BCUT2D eigenvalue weighted by atomic mass is 9.88. The molecule has 2 aromatic rings. The molecule has 2 amide bonds. The van der Waals surface area contributed by atoms with E-state index in [-0.39, 0.29) is 24.1 Å². The van der Waals surface area contributed by atoms with Crippen LogP contribution >= 0.6 is 0 Å². The molecule has 1 N–H and O–H groups in total. The Morgan fingerprint density at radius 2 is 1.94 bits per heavy atom. The van der Waals surface area contributed by atoms with Gasteiger partial charge in [-0.1, -0.05) is 12.1 Å². The van der Waals surface area contributed by atoms with Crippen LogP contribution in [0, 0.1) is 5.82 Å². The number of furan rings is 1. The van der Waals surface area contributed by atoms with E-state index in [4.69, 9.17) is 9.15 Å². The van der Waals surface area contributed by atoms with Gasteiger partial charge in [0.25, 0.3) is 5.91 Å². The number of carbonyl (C=O) groups is 2. The fourth-order valence-corrected chi connectivity index (χ4v) is 4.37. The molecule has 166 valence electrons. The normalized spacial score (nSPS) is 21.2. The van der Waals surface area contributed by atoms with Crippen molar-refractivity contribution in [3.05, 3.63) is 59.8 Å². The molecular formula is C23H28FN3O4. The molecule has 0 aliphatic carbocycles. The van der Waals surface area contributed by atoms with Crippen molar-refractivity contribution in [2.45, 2.75) is 37.5 Å². The maximum atomic E-state index is 13.1. The van der Waals surface area contributed by atoms with E-state index in [1.165, 1.54) is 12.1 Å². The minimum absolute atomic E-state index is 0.0440. The number of morpholine rings is 1. The largest absolute Gasteiger partial charge is 0.469 e. The van der Waals surface area contributed by atoms with Gasteiger partial charge in [-0.05, 0) is 49.7 Å². The van der Waals surface area contributed by atoms with E-state index < -0.39 is 11.7 Å². The van der Waals surface area contributed by atoms with Crippen molar-refractivity contribution < 1.29 is 23.1 Å². The van der Waals surface area contributed by atoms with Crippen molar-refractivity contribution in [2.75, 3.05) is 33.2 Å². The van der Waals surface area contributed by atoms with E-state index in [1.807, 2.05) is 11.9 Å². The number of halogens is 1. The van der Waals surface area contributed by atoms with Gasteiger partial charge < -0.3 is 24.3 Å². The summed E-state index contributed by atoms with van der Waals surface area (Å²) in [4.78, 5) is 29.2. The second-order valence-electron chi connectivity index (χ2n) is 8.47. The molecule has 1 aromatic carbocycles. The molecule has 1 spiro atoms. The summed E-state index contributed by atoms with van der Waals surface area (Å²) in [5, 5.41) is 2.89. The molecule has 7 nitrogen and oxygen atoms in total. The molecule has 31 heavy (non-hydrogen) atoms. The molecule has 0 bridgehead atoms. The molecule has 2 fully saturated rings. The first-order valence-corrected chi connectivity index (χ1v) is 10.6. The molecule has 0 unspecified atom stereocenters. The predicted octanol–water partition coefficient (Wildman–Crippen LogP) is 1.97. The van der Waals surface area contributed by atoms with Crippen molar-refractivity contribution in [3.8, 4) is 0 Å². The maximum absolute atomic E-state index is 13.1. The monoisotopic (exact) mass is 429 g/mol. The summed E-state index contributed by atoms with van der Waals surface area (Å²) < 4.78 is 24.6. The van der Waals surface area contributed by atoms with Crippen LogP contribution in [0.15, 0.2) is 47.1 Å². The predicted molar refractivity (Wildman–Crippen MR) is 112 cm³/mol. The first-order valence-electron chi connectivity index (χ1n) is 10.6. The third kappa shape index (κ3) is 5.32. The highest BCUT2D eigenvalue weighted by Crippen LogP contribution is 2.32. The first-order chi connectivity index (χ1) is 14.9. The molecule has 2 aliphatic heterocycles. The van der Waals surface area contributed by atoms with E-state index in [9.17, 15) is 14.0 Å². The fourth-order valence-electron chi connectivity index (χ4n) is 4.37. The Balaban J connectivity index is 1.31. The van der Waals surface area contributed by atoms with Crippen LogP contribution in [0.3, 0.4) is 0 Å². The summed E-state index contributed by atoms with van der Waals surface area (Å²) in [6, 6.07) is 9.64. The number of nitrogens with zero attached hydrogens (tertiary/aromatic N) is 2. The van der Waals surface area contributed by atoms with Crippen molar-refractivity contribution in [1.29, 1.82) is 0 Å². The zero-order valence-corrected chi connectivity index (χ0v) is 17.7. The zero-order valence-electron chi connectivity index (χ0n) is 17.7. The molecule has 4 rings (SSSR count). The number of benzene rings is 1. The lowest BCUT2D eigenvalue weighted by Gasteiger charge is -2.48. The Hall–Kier alpha value is -2.71. The Labute approximate surface area is 181 Å². The molecule has 3 heterocycles. The Bertz CT molecular complexity index is 892. The third-order valence-electron chi connectivity index (χ3n) is 6.03. The van der Waals surface area contributed by atoms with Gasteiger partial charge >= 0.3 is 0 Å². The van der Waals surface area contributed by atoms with Crippen LogP contribution in [0.25, 0.3) is 0 Å². The highest BCUT2D eigenvalue weighted by atomic mass is 19.1. The first kappa shape index (κ1) is 21.5. The average molecular weight is 429 g/mol. The third-order valence-corrected chi connectivity index (χ3v) is 6.03. The highest BCUT2D eigenvalue weighted by molar-refractivity contribution is 5.81. The second kappa shape index (κ2) is 9.20. The SMILES string of the molecule is CN1C[C@@H](C(=O)NCc2ccc(F)cc2)OC2(CCN(C(=O)Cc3ccco3)CC2)C1. The second-order valence-corrected chi connectivity index (χ2v) is 8.47. The summed E-state index contributed by atoms with van der Waals surface area (Å²) in [5.74, 6) is 0.231. The Kier molecular flexibility index (Phi) is 6.38. The molecular weight excluding hydrogens is 401 g/mol. The number of likely N-dealkylation sites (tertiary alicyclic amines) is 1. The van der Waals surface area contributed by atoms with E-state index in [0.717, 1.165) is 12.1 Å². The average Bonchev–Trinajstić information content (AvgIpc) is 3.26. The van der Waals surface area contributed by atoms with Crippen molar-refractivity contribution >= 4 is 11.8 Å². The van der Waals surface area contributed by atoms with Crippen LogP contribution in [0.1, 0.15) is 24.2 Å². The summed E-state index contributed by atoms with van der Waals surface area (Å²) in [5.41, 5.74) is 0.392. The van der Waals surface area contributed by atoms with Crippen molar-refractivity contribution in [1.82, 2.24) is 15.1 Å². The molecule has 1 atom stereocenters. The van der Waals surface area contributed by atoms with Crippen LogP contribution in [-0.2, 0) is 27.3 Å². The molecule has 2 saturated heterocycles. The number of ether oxygens (including phenoxy) is 1. The number of hydrogen-bond acceptors (Lipinski definition) is 5. The standard InChI is InChI=1S/C23H28FN3O4/c1-26-15-20(22(29)25-14-17-4-6-18(24)7-5-17)31-23(16-26)8-10-27(11-9-23)21(28)13-19-3-2-12-30-19/h2-7,12,20H,8-11,13-16H2,1H3,(H,25,29)/t20-/m0/s1. The zero-order chi connectivity index (χ0) is 21.8. The van der Waals surface area contributed by atoms with Gasteiger partial charge in [0.1, 0.15) is 17.7 Å². The molecule has 0 saturated carbocycles. The fraction of sp³-hybridized carbons (Fsp3) is 0.478. The summed E-state index contributed by atoms with van der Waals surface area (Å²) in [7, 11) is 1.99. The van der Waals surface area contributed by atoms with E-state index in [0.29, 0.717) is 44.8 Å². The molecule has 1 aromatic heterocycles. The lowest BCUT2D eigenvalue weighted by Crippen LogP contribution is -2.61. The highest BCUT2D eigenvalue weighted by Gasteiger charge is 2.44. The van der Waals surface area contributed by atoms with Crippen LogP contribution in [0.5, 0.6) is 0 Å². The molecule has 2 aliphatic rings. The van der Waals surface area contributed by atoms with E-state index in [1.54, 1.807) is 30.5 Å². The topological polar surface area (TPSA) is 75.0 Å². The minimum Gasteiger partial charge on any atom is -0.469 e. The van der Waals surface area contributed by atoms with Crippen LogP contribution in [0.4, 0.5) is 4.39 Å². The van der Waals surface area contributed by atoms with E-state index in [2.05, 4.69) is 10.2 Å². The van der Waals surface area contributed by atoms with Crippen molar-refractivity contribution in [2.24, 2.45) is 0 Å². The quantitative estimate of drug-likeness (QED) is 0.787. The Morgan fingerprint density at radius 3 is 2.61 bits per heavy atom. The summed E-state index contributed by atoms with van der Waals surface area (Å²) >= 11 is 0. The van der Waals surface area contributed by atoms with Gasteiger partial charge in [0.15, 0.2) is 0 Å². The lowest BCUT2D eigenvalue weighted by molar-refractivity contribution is -0.183. The minimum atomic E-state index is -0.579. The van der Waals surface area contributed by atoms with Crippen LogP contribution < -0.4 is 5.32 Å². The van der Waals surface area contributed by atoms with Gasteiger partial charge in [-0.25, -0.2) is 4.39 Å². The van der Waals surface area contributed by atoms with Gasteiger partial charge in [0.05, 0.1) is 18.3 Å². The van der Waals surface area contributed by atoms with Gasteiger partial charge in [-0.15, -0.1) is 0 Å². The molecule has 8 heteroatoms. The van der Waals surface area contributed by atoms with Gasteiger partial charge in [0, 0.05) is 32.7 Å². The number of hydrogen-bond donors (Lipinski definition) is 1. The molecule has 0 radical (unpaired) electrons. The van der Waals surface area contributed by atoms with Crippen molar-refractivity contribution in [3.63, 3.8) is 0 Å². The maximum Gasteiger partial charge on any atom is 0.250 e. The number of carbonyl (C=O) groups excluding carboxylic acids is 2. The van der Waals surface area contributed by atoms with Gasteiger partial charge in [0.2, 0.25) is 5.91 Å². The Morgan fingerprint density at radius 1 is 1.19 bits per heavy atom. The van der Waals surface area contributed by atoms with Crippen LogP contribution in [-0.4, -0.2) is 66.5 Å². The van der Waals surface area contributed by atoms with E-state index >= 15 is 0 Å². The summed E-state index contributed by atoms with van der Waals surface area (Å²) in [6.07, 6.45) is 2.62. The number of likely N-dealkylation sites (N-methyl/N-ethyl adjacent to an activating group) is 1. The number of rotatable bonds is 5. The van der Waals surface area contributed by atoms with Gasteiger partial charge in [-0.2, -0.15) is 0 Å². The number of piperidine rings is 1. The summed E-state index contributed by atoms with van der Waals surface area (Å²) in [6.45, 7) is 2.76. The van der Waals surface area contributed by atoms with Gasteiger partial charge in [-0.3, -0.25) is 9.59 Å². The number of amides is 2.